The molecule has 7 heteroatoms. The molecule has 0 aliphatic rings. The van der Waals surface area contributed by atoms with Gasteiger partial charge in [0.2, 0.25) is 5.91 Å². The number of amides is 3. The summed E-state index contributed by atoms with van der Waals surface area (Å²) in [5, 5.41) is 10.6. The Morgan fingerprint density at radius 2 is 1.85 bits per heavy atom. The number of hydrogen-bond donors (Lipinski definition) is 3. The molecule has 0 saturated heterocycles. The van der Waals surface area contributed by atoms with Crippen LogP contribution in [-0.4, -0.2) is 37.5 Å². The summed E-state index contributed by atoms with van der Waals surface area (Å²) in [5.41, 5.74) is 3.48. The topological polar surface area (TPSA) is 73.5 Å². The first-order chi connectivity index (χ1) is 12.3. The van der Waals surface area contributed by atoms with Crippen molar-refractivity contribution in [3.05, 3.63) is 45.6 Å². The standard InChI is InChI=1S/C19H26N4O2S/c1-12-6-7-15(21-14(3)24)10-16(12)22-19(25)20-11-17(23(4)5)18-13(2)8-9-26-18/h6-10,17H,11H2,1-5H3,(H,21,24)(H2,20,22,25)/t17-/m1/s1. The average molecular weight is 375 g/mol. The zero-order valence-electron chi connectivity index (χ0n) is 15.8. The third-order valence-corrected chi connectivity index (χ3v) is 5.21. The molecular weight excluding hydrogens is 348 g/mol. The van der Waals surface area contributed by atoms with E-state index in [1.54, 1.807) is 17.4 Å². The summed E-state index contributed by atoms with van der Waals surface area (Å²) in [6.45, 7) is 5.95. The minimum atomic E-state index is -0.269. The number of aryl methyl sites for hydroxylation is 2. The Bertz CT molecular complexity index is 786. The first-order valence-electron chi connectivity index (χ1n) is 8.41. The second-order valence-electron chi connectivity index (χ2n) is 6.49. The average Bonchev–Trinajstić information content (AvgIpc) is 2.96. The van der Waals surface area contributed by atoms with Crippen molar-refractivity contribution in [1.29, 1.82) is 0 Å². The highest BCUT2D eigenvalue weighted by molar-refractivity contribution is 7.10. The fourth-order valence-corrected chi connectivity index (χ4v) is 3.75. The van der Waals surface area contributed by atoms with Gasteiger partial charge in [0.1, 0.15) is 0 Å². The van der Waals surface area contributed by atoms with Crippen LogP contribution in [0, 0.1) is 13.8 Å². The number of rotatable bonds is 6. The number of carbonyl (C=O) groups excluding carboxylic acids is 2. The lowest BCUT2D eigenvalue weighted by atomic mass is 10.1. The summed E-state index contributed by atoms with van der Waals surface area (Å²) < 4.78 is 0. The molecule has 0 fully saturated rings. The molecule has 0 radical (unpaired) electrons. The van der Waals surface area contributed by atoms with Gasteiger partial charge in [-0.15, -0.1) is 11.3 Å². The van der Waals surface area contributed by atoms with Crippen LogP contribution in [0.4, 0.5) is 16.2 Å². The third-order valence-electron chi connectivity index (χ3n) is 4.09. The number of nitrogens with one attached hydrogen (secondary N) is 3. The van der Waals surface area contributed by atoms with Crippen molar-refractivity contribution in [2.24, 2.45) is 0 Å². The molecule has 0 saturated carbocycles. The summed E-state index contributed by atoms with van der Waals surface area (Å²) in [4.78, 5) is 26.9. The van der Waals surface area contributed by atoms with Crippen molar-refractivity contribution >= 4 is 34.6 Å². The Morgan fingerprint density at radius 1 is 1.12 bits per heavy atom. The van der Waals surface area contributed by atoms with E-state index in [0.29, 0.717) is 17.9 Å². The fraction of sp³-hybridized carbons (Fsp3) is 0.368. The van der Waals surface area contributed by atoms with Crippen LogP contribution in [0.15, 0.2) is 29.6 Å². The number of benzene rings is 1. The van der Waals surface area contributed by atoms with E-state index in [9.17, 15) is 9.59 Å². The molecule has 3 amide bonds. The molecule has 0 spiro atoms. The fourth-order valence-electron chi connectivity index (χ4n) is 2.63. The van der Waals surface area contributed by atoms with Crippen LogP contribution in [-0.2, 0) is 4.79 Å². The molecule has 2 rings (SSSR count). The number of carbonyl (C=O) groups is 2. The van der Waals surface area contributed by atoms with Crippen LogP contribution < -0.4 is 16.0 Å². The number of urea groups is 1. The molecule has 140 valence electrons. The van der Waals surface area contributed by atoms with Gasteiger partial charge in [0.05, 0.1) is 6.04 Å². The van der Waals surface area contributed by atoms with Crippen LogP contribution in [0.25, 0.3) is 0 Å². The first kappa shape index (κ1) is 19.9. The SMILES string of the molecule is CC(=O)Nc1ccc(C)c(NC(=O)NC[C@H](c2sccc2C)N(C)C)c1. The van der Waals surface area contributed by atoms with E-state index in [2.05, 4.69) is 39.2 Å². The molecule has 3 N–H and O–H groups in total. The maximum atomic E-state index is 12.4. The zero-order chi connectivity index (χ0) is 19.3. The number of nitrogens with zero attached hydrogens (tertiary/aromatic N) is 1. The van der Waals surface area contributed by atoms with Gasteiger partial charge in [-0.25, -0.2) is 4.79 Å². The first-order valence-corrected chi connectivity index (χ1v) is 9.29. The van der Waals surface area contributed by atoms with E-state index in [-0.39, 0.29) is 18.0 Å². The number of likely N-dealkylation sites (N-methyl/N-ethyl adjacent to an activating group) is 1. The second-order valence-corrected chi connectivity index (χ2v) is 7.44. The maximum Gasteiger partial charge on any atom is 0.319 e. The van der Waals surface area contributed by atoms with Crippen LogP contribution in [0.3, 0.4) is 0 Å². The highest BCUT2D eigenvalue weighted by atomic mass is 32.1. The minimum Gasteiger partial charge on any atom is -0.336 e. The predicted octanol–water partition coefficient (Wildman–Crippen LogP) is 3.75. The highest BCUT2D eigenvalue weighted by Crippen LogP contribution is 2.27. The van der Waals surface area contributed by atoms with Crippen molar-refractivity contribution < 1.29 is 9.59 Å². The summed E-state index contributed by atoms with van der Waals surface area (Å²) in [5.74, 6) is -0.149. The molecule has 1 aromatic heterocycles. The van der Waals surface area contributed by atoms with Crippen molar-refractivity contribution in [1.82, 2.24) is 10.2 Å². The molecule has 1 heterocycles. The lowest BCUT2D eigenvalue weighted by Crippen LogP contribution is -2.37. The van der Waals surface area contributed by atoms with Gasteiger partial charge >= 0.3 is 6.03 Å². The van der Waals surface area contributed by atoms with Gasteiger partial charge in [-0.05, 0) is 62.6 Å². The molecular formula is C19H26N4O2S. The van der Waals surface area contributed by atoms with E-state index in [1.807, 2.05) is 33.2 Å². The molecule has 1 aromatic carbocycles. The molecule has 6 nitrogen and oxygen atoms in total. The quantitative estimate of drug-likeness (QED) is 0.721. The van der Waals surface area contributed by atoms with Crippen LogP contribution in [0.1, 0.15) is 29.0 Å². The summed E-state index contributed by atoms with van der Waals surface area (Å²) in [6, 6.07) is 7.36. The van der Waals surface area contributed by atoms with Crippen molar-refractivity contribution in [2.45, 2.75) is 26.8 Å². The molecule has 26 heavy (non-hydrogen) atoms. The summed E-state index contributed by atoms with van der Waals surface area (Å²) in [7, 11) is 4.01. The Hall–Kier alpha value is -2.38. The van der Waals surface area contributed by atoms with Crippen molar-refractivity contribution in [3.8, 4) is 0 Å². The summed E-state index contributed by atoms with van der Waals surface area (Å²) in [6.07, 6.45) is 0. The van der Waals surface area contributed by atoms with Crippen molar-refractivity contribution in [3.63, 3.8) is 0 Å². The second kappa shape index (κ2) is 8.82. The molecule has 0 unspecified atom stereocenters. The normalized spacial score (nSPS) is 11.9. The zero-order valence-corrected chi connectivity index (χ0v) is 16.7. The Labute approximate surface area is 158 Å². The molecule has 0 bridgehead atoms. The largest absolute Gasteiger partial charge is 0.336 e. The van der Waals surface area contributed by atoms with E-state index < -0.39 is 0 Å². The van der Waals surface area contributed by atoms with Gasteiger partial charge in [-0.2, -0.15) is 0 Å². The van der Waals surface area contributed by atoms with Gasteiger partial charge in [-0.1, -0.05) is 6.07 Å². The van der Waals surface area contributed by atoms with Gasteiger partial charge < -0.3 is 20.9 Å². The monoisotopic (exact) mass is 374 g/mol. The highest BCUT2D eigenvalue weighted by Gasteiger charge is 2.18. The molecule has 1 atom stereocenters. The van der Waals surface area contributed by atoms with Gasteiger partial charge in [0.15, 0.2) is 0 Å². The van der Waals surface area contributed by atoms with Crippen LogP contribution in [0.2, 0.25) is 0 Å². The smallest absolute Gasteiger partial charge is 0.319 e. The maximum absolute atomic E-state index is 12.4. The lowest BCUT2D eigenvalue weighted by molar-refractivity contribution is -0.114. The molecule has 2 aromatic rings. The Balaban J connectivity index is 2.02. The molecule has 0 aliphatic carbocycles. The van der Waals surface area contributed by atoms with E-state index >= 15 is 0 Å². The van der Waals surface area contributed by atoms with E-state index in [0.717, 1.165) is 5.56 Å². The van der Waals surface area contributed by atoms with Crippen molar-refractivity contribution in [2.75, 3.05) is 31.3 Å². The number of anilines is 2. The third kappa shape index (κ3) is 5.31. The Morgan fingerprint density at radius 3 is 2.42 bits per heavy atom. The number of hydrogen-bond acceptors (Lipinski definition) is 4. The van der Waals surface area contributed by atoms with Crippen LogP contribution in [0.5, 0.6) is 0 Å². The number of thiophene rings is 1. The van der Waals surface area contributed by atoms with E-state index in [4.69, 9.17) is 0 Å². The van der Waals surface area contributed by atoms with Gasteiger partial charge in [-0.3, -0.25) is 4.79 Å². The lowest BCUT2D eigenvalue weighted by Gasteiger charge is -2.24. The minimum absolute atomic E-state index is 0.118. The van der Waals surface area contributed by atoms with Gasteiger partial charge in [0.25, 0.3) is 0 Å². The molecule has 0 aliphatic heterocycles. The van der Waals surface area contributed by atoms with E-state index in [1.165, 1.54) is 17.4 Å². The summed E-state index contributed by atoms with van der Waals surface area (Å²) >= 11 is 1.70. The van der Waals surface area contributed by atoms with Crippen LogP contribution >= 0.6 is 11.3 Å². The van der Waals surface area contributed by atoms with Gasteiger partial charge in [0, 0.05) is 29.7 Å². The predicted molar refractivity (Wildman–Crippen MR) is 108 cm³/mol. The Kier molecular flexibility index (Phi) is 6.76.